The molecule has 0 aliphatic carbocycles. The van der Waals surface area contributed by atoms with Crippen molar-refractivity contribution in [2.45, 2.75) is 27.2 Å². The van der Waals surface area contributed by atoms with E-state index in [1.165, 1.54) is 0 Å². The number of aromatic hydroxyl groups is 2. The van der Waals surface area contributed by atoms with Crippen LogP contribution in [0.2, 0.25) is 0 Å². The van der Waals surface area contributed by atoms with E-state index in [2.05, 4.69) is 146 Å². The van der Waals surface area contributed by atoms with Crippen LogP contribution < -0.4 is 4.74 Å². The Morgan fingerprint density at radius 2 is 0.821 bits per heavy atom. The molecule has 2 heterocycles. The summed E-state index contributed by atoms with van der Waals surface area (Å²) in [5.74, 6) is 0.949. The summed E-state index contributed by atoms with van der Waals surface area (Å²) in [6.45, 7) is 7.51. The lowest BCUT2D eigenvalue weighted by Crippen LogP contribution is -2.15. The first-order valence-corrected chi connectivity index (χ1v) is 19.3. The summed E-state index contributed by atoms with van der Waals surface area (Å²) in [5, 5.41) is 29.5. The van der Waals surface area contributed by atoms with Gasteiger partial charge in [0.2, 0.25) is 0 Å². The lowest BCUT2D eigenvalue weighted by atomic mass is 9.91. The predicted octanol–water partition coefficient (Wildman–Crippen LogP) is 11.9. The molecule has 7 aromatic carbocycles. The Balaban J connectivity index is 1.29. The molecule has 0 spiro atoms. The molecule has 0 aliphatic rings. The van der Waals surface area contributed by atoms with Crippen LogP contribution in [0.25, 0.3) is 77.2 Å². The van der Waals surface area contributed by atoms with Gasteiger partial charge in [-0.05, 0) is 119 Å². The number of hydrogen-bond donors (Lipinski definition) is 2. The SMILES string of the molecule is Cc1cc(-c2cc(C)cc(-n3c4ccccc4c4ccccc43)c2O)c(OCCCN(C)C)c(-c2cc(C)cc(-n3c4ccccc4c4ccccc43)c2O)c1. The molecule has 6 nitrogen and oxygen atoms in total. The van der Waals surface area contributed by atoms with Gasteiger partial charge in [0.15, 0.2) is 0 Å². The summed E-state index contributed by atoms with van der Waals surface area (Å²) in [7, 11) is 4.12. The van der Waals surface area contributed by atoms with Gasteiger partial charge in [0.25, 0.3) is 0 Å². The van der Waals surface area contributed by atoms with Crippen molar-refractivity contribution >= 4 is 43.6 Å². The molecule has 0 radical (unpaired) electrons. The molecule has 0 amide bonds. The Kier molecular flexibility index (Phi) is 8.79. The maximum Gasteiger partial charge on any atom is 0.147 e. The fraction of sp³-hybridized carbons (Fsp3) is 0.160. The highest BCUT2D eigenvalue weighted by Gasteiger charge is 2.25. The third kappa shape index (κ3) is 5.85. The van der Waals surface area contributed by atoms with Crippen molar-refractivity contribution in [2.75, 3.05) is 27.2 Å². The van der Waals surface area contributed by atoms with Crippen LogP contribution in [0.1, 0.15) is 23.1 Å². The van der Waals surface area contributed by atoms with Crippen LogP contribution in [0.15, 0.2) is 133 Å². The van der Waals surface area contributed by atoms with E-state index >= 15 is 0 Å². The van der Waals surface area contributed by atoms with E-state index in [0.717, 1.165) is 84.4 Å². The molecule has 0 bridgehead atoms. The van der Waals surface area contributed by atoms with Crippen molar-refractivity contribution in [2.24, 2.45) is 0 Å². The normalized spacial score (nSPS) is 11.8. The fourth-order valence-electron chi connectivity index (χ4n) is 8.52. The van der Waals surface area contributed by atoms with Crippen molar-refractivity contribution in [3.8, 4) is 50.9 Å². The Labute approximate surface area is 327 Å². The molecule has 0 saturated heterocycles. The first-order valence-electron chi connectivity index (χ1n) is 19.3. The van der Waals surface area contributed by atoms with Gasteiger partial charge < -0.3 is 29.0 Å². The number of phenolic OH excluding ortho intramolecular Hbond substituents is 2. The van der Waals surface area contributed by atoms with Crippen LogP contribution in [0.3, 0.4) is 0 Å². The standard InChI is InChI=1S/C50H45N3O3/c1-31-27-40(38-25-32(2)29-46(48(38)54)52-42-19-10-6-15-34(42)35-16-7-11-20-43(35)52)50(56-24-14-23-51(4)5)41(28-31)39-26-33(3)30-47(49(39)55)53-44-21-12-8-17-36(44)37-18-9-13-22-45(37)53/h6-13,15-22,25-30,54-55H,14,23-24H2,1-5H3. The van der Waals surface area contributed by atoms with Crippen LogP contribution in [0.5, 0.6) is 17.2 Å². The molecular weight excluding hydrogens is 691 g/mol. The molecule has 0 unspecified atom stereocenters. The van der Waals surface area contributed by atoms with Crippen LogP contribution in [-0.2, 0) is 0 Å². The maximum absolute atomic E-state index is 12.5. The third-order valence-electron chi connectivity index (χ3n) is 10.9. The summed E-state index contributed by atoms with van der Waals surface area (Å²) in [4.78, 5) is 2.15. The van der Waals surface area contributed by atoms with Gasteiger partial charge in [-0.15, -0.1) is 0 Å². The zero-order chi connectivity index (χ0) is 38.7. The van der Waals surface area contributed by atoms with E-state index in [9.17, 15) is 10.2 Å². The molecule has 2 N–H and O–H groups in total. The molecule has 2 aromatic heterocycles. The number of ether oxygens (including phenoxy) is 1. The van der Waals surface area contributed by atoms with Crippen LogP contribution in [0.4, 0.5) is 0 Å². The van der Waals surface area contributed by atoms with E-state index in [1.54, 1.807) is 0 Å². The van der Waals surface area contributed by atoms with Gasteiger partial charge in [0, 0.05) is 50.3 Å². The maximum atomic E-state index is 12.5. The molecule has 0 fully saturated rings. The van der Waals surface area contributed by atoms with Gasteiger partial charge in [-0.3, -0.25) is 0 Å². The highest BCUT2D eigenvalue weighted by molar-refractivity contribution is 6.11. The minimum absolute atomic E-state index is 0.163. The topological polar surface area (TPSA) is 62.8 Å². The van der Waals surface area contributed by atoms with Gasteiger partial charge >= 0.3 is 0 Å². The third-order valence-corrected chi connectivity index (χ3v) is 10.9. The molecule has 0 atom stereocenters. The van der Waals surface area contributed by atoms with Gasteiger partial charge in [-0.1, -0.05) is 72.8 Å². The first-order chi connectivity index (χ1) is 27.2. The van der Waals surface area contributed by atoms with Crippen molar-refractivity contribution in [1.29, 1.82) is 0 Å². The zero-order valence-electron chi connectivity index (χ0n) is 32.5. The van der Waals surface area contributed by atoms with E-state index in [4.69, 9.17) is 4.74 Å². The minimum Gasteiger partial charge on any atom is -0.505 e. The summed E-state index contributed by atoms with van der Waals surface area (Å²) in [5.41, 5.74) is 11.4. The molecule has 278 valence electrons. The van der Waals surface area contributed by atoms with Gasteiger partial charge in [0.1, 0.15) is 17.2 Å². The number of aryl methyl sites for hydroxylation is 3. The number of nitrogens with zero attached hydrogens (tertiary/aromatic N) is 3. The average molecular weight is 736 g/mol. The van der Waals surface area contributed by atoms with E-state index in [1.807, 2.05) is 36.4 Å². The Bertz CT molecular complexity index is 2670. The smallest absolute Gasteiger partial charge is 0.147 e. The Morgan fingerprint density at radius 1 is 0.482 bits per heavy atom. The van der Waals surface area contributed by atoms with Crippen LogP contribution in [0, 0.1) is 20.8 Å². The van der Waals surface area contributed by atoms with Gasteiger partial charge in [-0.25, -0.2) is 0 Å². The second-order valence-corrected chi connectivity index (χ2v) is 15.3. The Hall–Kier alpha value is -6.50. The van der Waals surface area contributed by atoms with Crippen molar-refractivity contribution in [3.63, 3.8) is 0 Å². The van der Waals surface area contributed by atoms with Crippen LogP contribution in [-0.4, -0.2) is 51.5 Å². The molecule has 6 heteroatoms. The fourth-order valence-corrected chi connectivity index (χ4v) is 8.52. The number of benzene rings is 7. The highest BCUT2D eigenvalue weighted by Crippen LogP contribution is 2.49. The lowest BCUT2D eigenvalue weighted by molar-refractivity contribution is 0.283. The molecule has 56 heavy (non-hydrogen) atoms. The van der Waals surface area contributed by atoms with E-state index in [-0.39, 0.29) is 11.5 Å². The summed E-state index contributed by atoms with van der Waals surface area (Å²) in [6, 6.07) is 45.7. The zero-order valence-corrected chi connectivity index (χ0v) is 32.5. The van der Waals surface area contributed by atoms with Crippen molar-refractivity contribution in [3.05, 3.63) is 150 Å². The molecule has 9 rings (SSSR count). The second kappa shape index (κ2) is 14.0. The number of hydrogen-bond acceptors (Lipinski definition) is 4. The van der Waals surface area contributed by atoms with E-state index in [0.29, 0.717) is 34.9 Å². The highest BCUT2D eigenvalue weighted by atomic mass is 16.5. The van der Waals surface area contributed by atoms with Crippen LogP contribution >= 0.6 is 0 Å². The summed E-state index contributed by atoms with van der Waals surface area (Å²) >= 11 is 0. The van der Waals surface area contributed by atoms with E-state index < -0.39 is 0 Å². The second-order valence-electron chi connectivity index (χ2n) is 15.3. The predicted molar refractivity (Wildman–Crippen MR) is 232 cm³/mol. The molecule has 0 aliphatic heterocycles. The number of fused-ring (bicyclic) bond motifs is 6. The van der Waals surface area contributed by atoms with Crippen molar-refractivity contribution < 1.29 is 14.9 Å². The number of aromatic nitrogens is 2. The van der Waals surface area contributed by atoms with Gasteiger partial charge in [-0.2, -0.15) is 0 Å². The lowest BCUT2D eigenvalue weighted by Gasteiger charge is -2.22. The largest absolute Gasteiger partial charge is 0.505 e. The summed E-state index contributed by atoms with van der Waals surface area (Å²) < 4.78 is 11.2. The van der Waals surface area contributed by atoms with Crippen molar-refractivity contribution in [1.82, 2.24) is 14.0 Å². The monoisotopic (exact) mass is 735 g/mol. The Morgan fingerprint density at radius 3 is 1.20 bits per heavy atom. The average Bonchev–Trinajstić information content (AvgIpc) is 3.71. The molecular formula is C50H45N3O3. The molecule has 0 saturated carbocycles. The first kappa shape index (κ1) is 35.2. The number of rotatable bonds is 9. The number of phenols is 2. The number of para-hydroxylation sites is 4. The molecule has 9 aromatic rings. The van der Waals surface area contributed by atoms with Gasteiger partial charge in [0.05, 0.1) is 40.0 Å². The quantitative estimate of drug-likeness (QED) is 0.145. The summed E-state index contributed by atoms with van der Waals surface area (Å²) in [6.07, 6.45) is 0.804. The minimum atomic E-state index is 0.163.